The van der Waals surface area contributed by atoms with Gasteiger partial charge in [0.1, 0.15) is 6.23 Å². The summed E-state index contributed by atoms with van der Waals surface area (Å²) in [6, 6.07) is 5.29. The van der Waals surface area contributed by atoms with E-state index in [1.165, 1.54) is 12.0 Å². The number of amides is 1. The van der Waals surface area contributed by atoms with Crippen LogP contribution in [0, 0.1) is 0 Å². The van der Waals surface area contributed by atoms with Crippen LogP contribution in [0.1, 0.15) is 17.9 Å². The summed E-state index contributed by atoms with van der Waals surface area (Å²) in [4.78, 5) is 12.4. The van der Waals surface area contributed by atoms with E-state index < -0.39 is 12.3 Å². The Morgan fingerprint density at radius 2 is 2.00 bits per heavy atom. The molecule has 0 saturated carbocycles. The van der Waals surface area contributed by atoms with Crippen LogP contribution in [-0.4, -0.2) is 36.0 Å². The Kier molecular flexibility index (Phi) is 4.00. The van der Waals surface area contributed by atoms with Crippen LogP contribution in [0.5, 0.6) is 0 Å². The molecule has 1 aromatic carbocycles. The van der Waals surface area contributed by atoms with Crippen LogP contribution in [-0.2, 0) is 4.74 Å². The fraction of sp³-hybridized carbons (Fsp3) is 0.417. The van der Waals surface area contributed by atoms with Crippen molar-refractivity contribution in [1.82, 2.24) is 4.90 Å². The molecule has 18 heavy (non-hydrogen) atoms. The van der Waals surface area contributed by atoms with Crippen LogP contribution in [0.25, 0.3) is 0 Å². The molecule has 98 valence electrons. The Morgan fingerprint density at radius 3 is 2.44 bits per heavy atom. The summed E-state index contributed by atoms with van der Waals surface area (Å²) in [5.74, 6) is 0.0576. The lowest BCUT2D eigenvalue weighted by Crippen LogP contribution is -2.35. The van der Waals surface area contributed by atoms with E-state index in [-0.39, 0.29) is 5.92 Å². The first-order valence-corrected chi connectivity index (χ1v) is 6.25. The summed E-state index contributed by atoms with van der Waals surface area (Å²) in [7, 11) is 1.51. The number of likely N-dealkylation sites (tertiary alicyclic amines) is 1. The van der Waals surface area contributed by atoms with Gasteiger partial charge in [0.25, 0.3) is 0 Å². The monoisotopic (exact) mass is 289 g/mol. The van der Waals surface area contributed by atoms with E-state index in [2.05, 4.69) is 0 Å². The zero-order chi connectivity index (χ0) is 13.3. The van der Waals surface area contributed by atoms with Gasteiger partial charge in [-0.15, -0.1) is 0 Å². The zero-order valence-corrected chi connectivity index (χ0v) is 11.3. The molecule has 1 aliphatic rings. The second-order valence-electron chi connectivity index (χ2n) is 4.26. The van der Waals surface area contributed by atoms with Crippen molar-refractivity contribution < 1.29 is 14.6 Å². The minimum atomic E-state index is -0.975. The van der Waals surface area contributed by atoms with Gasteiger partial charge < -0.3 is 9.84 Å². The summed E-state index contributed by atoms with van der Waals surface area (Å²) in [6.07, 6.45) is -0.776. The van der Waals surface area contributed by atoms with Gasteiger partial charge in [-0.25, -0.2) is 4.79 Å². The normalized spacial score (nSPS) is 23.4. The predicted molar refractivity (Wildman–Crippen MR) is 69.3 cm³/mol. The fourth-order valence-corrected chi connectivity index (χ4v) is 2.82. The van der Waals surface area contributed by atoms with Crippen molar-refractivity contribution in [2.45, 2.75) is 18.6 Å². The van der Waals surface area contributed by atoms with Crippen molar-refractivity contribution in [1.29, 1.82) is 0 Å². The largest absolute Gasteiger partial charge is 0.465 e. The maximum atomic E-state index is 11.1. The average Bonchev–Trinajstić information content (AvgIpc) is 2.71. The molecule has 2 unspecified atom stereocenters. The number of methoxy groups -OCH3 is 1. The van der Waals surface area contributed by atoms with Crippen LogP contribution in [0.3, 0.4) is 0 Å². The molecule has 6 heteroatoms. The van der Waals surface area contributed by atoms with Crippen LogP contribution in [0.4, 0.5) is 4.79 Å². The highest BCUT2D eigenvalue weighted by atomic mass is 35.5. The van der Waals surface area contributed by atoms with Gasteiger partial charge in [0.05, 0.1) is 0 Å². The molecular formula is C12H13Cl2NO3. The molecule has 1 aromatic rings. The van der Waals surface area contributed by atoms with E-state index in [4.69, 9.17) is 33.0 Å². The maximum absolute atomic E-state index is 11.1. The van der Waals surface area contributed by atoms with Gasteiger partial charge in [0.15, 0.2) is 0 Å². The number of carbonyl (C=O) groups is 1. The maximum Gasteiger partial charge on any atom is 0.409 e. The van der Waals surface area contributed by atoms with Crippen LogP contribution in [0.15, 0.2) is 18.2 Å². The third kappa shape index (κ3) is 2.71. The molecule has 1 heterocycles. The van der Waals surface area contributed by atoms with Gasteiger partial charge in [-0.1, -0.05) is 23.2 Å². The highest BCUT2D eigenvalue weighted by Gasteiger charge is 2.36. The van der Waals surface area contributed by atoms with E-state index in [0.29, 0.717) is 23.0 Å². The quantitative estimate of drug-likeness (QED) is 0.907. The second-order valence-corrected chi connectivity index (χ2v) is 5.13. The Hall–Kier alpha value is -0.970. The SMILES string of the molecule is COC1CC(c2cc(Cl)cc(Cl)c2)CN1C(=O)O. The number of halogens is 2. The molecule has 0 radical (unpaired) electrons. The average molecular weight is 290 g/mol. The molecule has 1 aliphatic heterocycles. The number of hydrogen-bond donors (Lipinski definition) is 1. The molecular weight excluding hydrogens is 277 g/mol. The first kappa shape index (κ1) is 13.5. The number of hydrogen-bond acceptors (Lipinski definition) is 2. The Balaban J connectivity index is 2.23. The Bertz CT molecular complexity index is 446. The highest BCUT2D eigenvalue weighted by Crippen LogP contribution is 2.34. The molecule has 0 aliphatic carbocycles. The van der Waals surface area contributed by atoms with Crippen molar-refractivity contribution in [3.63, 3.8) is 0 Å². The van der Waals surface area contributed by atoms with Gasteiger partial charge >= 0.3 is 6.09 Å². The molecule has 2 rings (SSSR count). The smallest absolute Gasteiger partial charge is 0.409 e. The van der Waals surface area contributed by atoms with Crippen LogP contribution in [0.2, 0.25) is 10.0 Å². The van der Waals surface area contributed by atoms with E-state index >= 15 is 0 Å². The predicted octanol–water partition coefficient (Wildman–Crippen LogP) is 3.43. The molecule has 0 aromatic heterocycles. The number of rotatable bonds is 2. The lowest BCUT2D eigenvalue weighted by molar-refractivity contribution is 0.00415. The molecule has 1 saturated heterocycles. The molecule has 0 bridgehead atoms. The molecule has 1 N–H and O–H groups in total. The molecule has 0 spiro atoms. The first-order valence-electron chi connectivity index (χ1n) is 5.49. The minimum absolute atomic E-state index is 0.0576. The third-order valence-electron chi connectivity index (χ3n) is 3.12. The standard InChI is InChI=1S/C12H13Cl2NO3/c1-18-11-4-8(6-15(11)12(16)17)7-2-9(13)5-10(14)3-7/h2-3,5,8,11H,4,6H2,1H3,(H,16,17). The van der Waals surface area contributed by atoms with Crippen molar-refractivity contribution in [2.75, 3.05) is 13.7 Å². The van der Waals surface area contributed by atoms with Gasteiger partial charge in [-0.3, -0.25) is 4.90 Å². The highest BCUT2D eigenvalue weighted by molar-refractivity contribution is 6.34. The molecule has 1 fully saturated rings. The van der Waals surface area contributed by atoms with Crippen molar-refractivity contribution in [3.05, 3.63) is 33.8 Å². The summed E-state index contributed by atoms with van der Waals surface area (Å²) >= 11 is 11.9. The molecule has 2 atom stereocenters. The lowest BCUT2D eigenvalue weighted by Gasteiger charge is -2.19. The molecule has 4 nitrogen and oxygen atoms in total. The first-order chi connectivity index (χ1) is 8.51. The van der Waals surface area contributed by atoms with Crippen LogP contribution < -0.4 is 0 Å². The summed E-state index contributed by atoms with van der Waals surface area (Å²) < 4.78 is 5.18. The fourth-order valence-electron chi connectivity index (χ4n) is 2.28. The van der Waals surface area contributed by atoms with Gasteiger partial charge in [0.2, 0.25) is 0 Å². The van der Waals surface area contributed by atoms with E-state index in [1.54, 1.807) is 6.07 Å². The number of nitrogens with zero attached hydrogens (tertiary/aromatic N) is 1. The third-order valence-corrected chi connectivity index (χ3v) is 3.56. The second kappa shape index (κ2) is 5.34. The summed E-state index contributed by atoms with van der Waals surface area (Å²) in [6.45, 7) is 0.393. The van der Waals surface area contributed by atoms with E-state index in [0.717, 1.165) is 5.56 Å². The Morgan fingerprint density at radius 1 is 1.39 bits per heavy atom. The topological polar surface area (TPSA) is 49.8 Å². The number of carboxylic acid groups (broad SMARTS) is 1. The molecule has 1 amide bonds. The minimum Gasteiger partial charge on any atom is -0.465 e. The van der Waals surface area contributed by atoms with Crippen LogP contribution >= 0.6 is 23.2 Å². The lowest BCUT2D eigenvalue weighted by atomic mass is 9.98. The van der Waals surface area contributed by atoms with Crippen molar-refractivity contribution >= 4 is 29.3 Å². The zero-order valence-electron chi connectivity index (χ0n) is 9.77. The van der Waals surface area contributed by atoms with Gasteiger partial charge in [-0.05, 0) is 23.8 Å². The van der Waals surface area contributed by atoms with E-state index in [9.17, 15) is 4.79 Å². The van der Waals surface area contributed by atoms with Gasteiger partial charge in [-0.2, -0.15) is 0 Å². The summed E-state index contributed by atoms with van der Waals surface area (Å²) in [5.41, 5.74) is 0.943. The summed E-state index contributed by atoms with van der Waals surface area (Å²) in [5, 5.41) is 10.2. The van der Waals surface area contributed by atoms with Crippen molar-refractivity contribution in [2.24, 2.45) is 0 Å². The number of ether oxygens (including phenoxy) is 1. The number of benzene rings is 1. The van der Waals surface area contributed by atoms with Crippen molar-refractivity contribution in [3.8, 4) is 0 Å². The van der Waals surface area contributed by atoms with Gasteiger partial charge in [0, 0.05) is 36.0 Å². The van der Waals surface area contributed by atoms with E-state index in [1.807, 2.05) is 12.1 Å². The Labute approximate surface area is 115 Å².